The number of nitrogens with one attached hydrogen (secondary N) is 1. The van der Waals surface area contributed by atoms with Crippen LogP contribution >= 0.6 is 0 Å². The summed E-state index contributed by atoms with van der Waals surface area (Å²) in [7, 11) is 3.76. The molecule has 0 aromatic heterocycles. The van der Waals surface area contributed by atoms with Crippen LogP contribution in [0, 0.1) is 0 Å². The molecule has 1 rings (SSSR count). The van der Waals surface area contributed by atoms with Crippen molar-refractivity contribution in [3.63, 3.8) is 0 Å². The normalized spacial score (nSPS) is 12.7. The van der Waals surface area contributed by atoms with Crippen LogP contribution in [-0.2, 0) is 0 Å². The third-order valence-electron chi connectivity index (χ3n) is 2.32. The molecule has 2 heteroatoms. The number of aliphatic imine (C=N–C) groups is 1. The molecule has 0 aliphatic heterocycles. The molecular formula is C13H18N2. The summed E-state index contributed by atoms with van der Waals surface area (Å²) in [6, 6.07) is 10.2. The van der Waals surface area contributed by atoms with Crippen molar-refractivity contribution in [2.24, 2.45) is 4.99 Å². The summed E-state index contributed by atoms with van der Waals surface area (Å²) >= 11 is 0. The van der Waals surface area contributed by atoms with Crippen molar-refractivity contribution < 1.29 is 0 Å². The second-order valence-corrected chi connectivity index (χ2v) is 3.25. The molecule has 0 unspecified atom stereocenters. The zero-order chi connectivity index (χ0) is 11.1. The lowest BCUT2D eigenvalue weighted by molar-refractivity contribution is 0.903. The van der Waals surface area contributed by atoms with Gasteiger partial charge in [0.15, 0.2) is 0 Å². The van der Waals surface area contributed by atoms with Crippen LogP contribution < -0.4 is 5.32 Å². The van der Waals surface area contributed by atoms with Gasteiger partial charge in [0.2, 0.25) is 0 Å². The zero-order valence-corrected chi connectivity index (χ0v) is 9.62. The van der Waals surface area contributed by atoms with Gasteiger partial charge in [-0.2, -0.15) is 0 Å². The maximum absolute atomic E-state index is 4.29. The first-order valence-corrected chi connectivity index (χ1v) is 5.22. The summed E-state index contributed by atoms with van der Waals surface area (Å²) in [5.74, 6) is 0. The van der Waals surface area contributed by atoms with E-state index in [0.29, 0.717) is 0 Å². The minimum Gasteiger partial charge on any atom is -0.391 e. The molecule has 80 valence electrons. The van der Waals surface area contributed by atoms with Crippen LogP contribution in [-0.4, -0.2) is 19.8 Å². The van der Waals surface area contributed by atoms with Crippen molar-refractivity contribution in [1.29, 1.82) is 0 Å². The summed E-state index contributed by atoms with van der Waals surface area (Å²) in [5.41, 5.74) is 3.36. The van der Waals surface area contributed by atoms with E-state index < -0.39 is 0 Å². The Balaban J connectivity index is 2.97. The van der Waals surface area contributed by atoms with E-state index in [9.17, 15) is 0 Å². The molecular weight excluding hydrogens is 184 g/mol. The van der Waals surface area contributed by atoms with Crippen LogP contribution in [0.3, 0.4) is 0 Å². The smallest absolute Gasteiger partial charge is 0.0660 e. The van der Waals surface area contributed by atoms with Crippen LogP contribution in [0.15, 0.2) is 47.1 Å². The molecule has 1 N–H and O–H groups in total. The van der Waals surface area contributed by atoms with Gasteiger partial charge in [-0.25, -0.2) is 0 Å². The van der Waals surface area contributed by atoms with E-state index in [2.05, 4.69) is 35.4 Å². The predicted octanol–water partition coefficient (Wildman–Crippen LogP) is 2.62. The molecule has 0 aliphatic carbocycles. The van der Waals surface area contributed by atoms with Crippen molar-refractivity contribution in [2.75, 3.05) is 14.1 Å². The maximum Gasteiger partial charge on any atom is 0.0660 e. The van der Waals surface area contributed by atoms with E-state index in [1.165, 1.54) is 5.70 Å². The molecule has 0 fully saturated rings. The second kappa shape index (κ2) is 6.02. The van der Waals surface area contributed by atoms with Gasteiger partial charge in [-0.15, -0.1) is 0 Å². The van der Waals surface area contributed by atoms with Gasteiger partial charge in [0.25, 0.3) is 0 Å². The molecule has 0 saturated heterocycles. The van der Waals surface area contributed by atoms with Crippen LogP contribution in [0.25, 0.3) is 0 Å². The predicted molar refractivity (Wildman–Crippen MR) is 66.3 cm³/mol. The number of rotatable bonds is 4. The van der Waals surface area contributed by atoms with Gasteiger partial charge in [-0.1, -0.05) is 37.3 Å². The minimum absolute atomic E-state index is 0.988. The molecule has 0 heterocycles. The Morgan fingerprint density at radius 3 is 2.47 bits per heavy atom. The number of allylic oxidation sites excluding steroid dienone is 2. The zero-order valence-electron chi connectivity index (χ0n) is 9.62. The van der Waals surface area contributed by atoms with Gasteiger partial charge >= 0.3 is 0 Å². The molecule has 0 atom stereocenters. The minimum atomic E-state index is 0.988. The third-order valence-corrected chi connectivity index (χ3v) is 2.32. The Kier molecular flexibility index (Phi) is 4.61. The van der Waals surface area contributed by atoms with Crippen LogP contribution in [0.1, 0.15) is 18.9 Å². The molecule has 0 radical (unpaired) electrons. The topological polar surface area (TPSA) is 24.4 Å². The number of nitrogens with zero attached hydrogens (tertiary/aromatic N) is 1. The first kappa shape index (κ1) is 11.5. The highest BCUT2D eigenvalue weighted by molar-refractivity contribution is 6.08. The molecule has 1 aromatic rings. The van der Waals surface area contributed by atoms with Gasteiger partial charge in [0, 0.05) is 19.8 Å². The lowest BCUT2D eigenvalue weighted by Crippen LogP contribution is -2.08. The Hall–Kier alpha value is -1.57. The van der Waals surface area contributed by atoms with Gasteiger partial charge in [0.05, 0.1) is 5.71 Å². The van der Waals surface area contributed by atoms with E-state index in [0.717, 1.165) is 17.7 Å². The Morgan fingerprint density at radius 2 is 2.00 bits per heavy atom. The first-order chi connectivity index (χ1) is 7.31. The summed E-state index contributed by atoms with van der Waals surface area (Å²) in [6.45, 7) is 2.13. The molecule has 0 aliphatic rings. The molecule has 0 spiro atoms. The van der Waals surface area contributed by atoms with Crippen molar-refractivity contribution in [2.45, 2.75) is 13.3 Å². The fourth-order valence-electron chi connectivity index (χ4n) is 1.40. The number of hydrogen-bond acceptors (Lipinski definition) is 2. The summed E-state index contributed by atoms with van der Waals surface area (Å²) in [4.78, 5) is 4.29. The largest absolute Gasteiger partial charge is 0.391 e. The summed E-state index contributed by atoms with van der Waals surface area (Å²) in [6.07, 6.45) is 3.08. The summed E-state index contributed by atoms with van der Waals surface area (Å²) < 4.78 is 0. The van der Waals surface area contributed by atoms with Crippen LogP contribution in [0.4, 0.5) is 0 Å². The average molecular weight is 202 g/mol. The highest BCUT2D eigenvalue weighted by Gasteiger charge is 1.99. The van der Waals surface area contributed by atoms with Crippen LogP contribution in [0.2, 0.25) is 0 Å². The highest BCUT2D eigenvalue weighted by atomic mass is 14.8. The van der Waals surface area contributed by atoms with Crippen molar-refractivity contribution in [3.05, 3.63) is 47.7 Å². The summed E-state index contributed by atoms with van der Waals surface area (Å²) in [5, 5.41) is 3.17. The van der Waals surface area contributed by atoms with Crippen molar-refractivity contribution in [1.82, 2.24) is 5.32 Å². The van der Waals surface area contributed by atoms with Gasteiger partial charge in [0.1, 0.15) is 0 Å². The second-order valence-electron chi connectivity index (χ2n) is 3.25. The molecule has 15 heavy (non-hydrogen) atoms. The van der Waals surface area contributed by atoms with E-state index >= 15 is 0 Å². The fourth-order valence-corrected chi connectivity index (χ4v) is 1.40. The molecule has 2 nitrogen and oxygen atoms in total. The Labute approximate surface area is 91.7 Å². The lowest BCUT2D eigenvalue weighted by atomic mass is 10.1. The van der Waals surface area contributed by atoms with Crippen molar-refractivity contribution in [3.8, 4) is 0 Å². The maximum atomic E-state index is 4.29. The van der Waals surface area contributed by atoms with E-state index in [4.69, 9.17) is 0 Å². The third kappa shape index (κ3) is 3.24. The van der Waals surface area contributed by atoms with E-state index in [-0.39, 0.29) is 0 Å². The SMILES string of the molecule is CC/C(=C\C(=NC)c1ccccc1)NC. The Morgan fingerprint density at radius 1 is 1.33 bits per heavy atom. The number of benzene rings is 1. The Bertz CT molecular complexity index is 344. The van der Waals surface area contributed by atoms with E-state index in [1.807, 2.05) is 32.3 Å². The van der Waals surface area contributed by atoms with Gasteiger partial charge in [-0.05, 0) is 18.1 Å². The van der Waals surface area contributed by atoms with Crippen LogP contribution in [0.5, 0.6) is 0 Å². The first-order valence-electron chi connectivity index (χ1n) is 5.22. The number of hydrogen-bond donors (Lipinski definition) is 1. The van der Waals surface area contributed by atoms with Gasteiger partial charge < -0.3 is 5.32 Å². The standard InChI is InChI=1S/C13H18N2/c1-4-12(14-2)10-13(15-3)11-8-6-5-7-9-11/h5-10,14H,4H2,1-3H3/b12-10+,15-13?. The van der Waals surface area contributed by atoms with Gasteiger partial charge in [-0.3, -0.25) is 4.99 Å². The monoisotopic (exact) mass is 202 g/mol. The molecule has 1 aromatic carbocycles. The quantitative estimate of drug-likeness (QED) is 0.746. The van der Waals surface area contributed by atoms with Crippen molar-refractivity contribution >= 4 is 5.71 Å². The molecule has 0 saturated carbocycles. The van der Waals surface area contributed by atoms with E-state index in [1.54, 1.807) is 0 Å². The average Bonchev–Trinajstić information content (AvgIpc) is 2.32. The molecule has 0 bridgehead atoms. The lowest BCUT2D eigenvalue weighted by Gasteiger charge is -2.05. The highest BCUT2D eigenvalue weighted by Crippen LogP contribution is 2.05. The fraction of sp³-hybridized carbons (Fsp3) is 0.308. The molecule has 0 amide bonds.